The Bertz CT molecular complexity index is 2110. The first-order valence-corrected chi connectivity index (χ1v) is 17.0. The van der Waals surface area contributed by atoms with E-state index in [9.17, 15) is 13.7 Å². The zero-order valence-corrected chi connectivity index (χ0v) is 26.1. The lowest BCUT2D eigenvalue weighted by Crippen LogP contribution is -2.58. The topological polar surface area (TPSA) is 103 Å². The van der Waals surface area contributed by atoms with Gasteiger partial charge in [-0.1, -0.05) is 36.4 Å². The maximum atomic E-state index is 14.9. The van der Waals surface area contributed by atoms with Crippen molar-refractivity contribution < 1.29 is 13.2 Å². The van der Waals surface area contributed by atoms with Gasteiger partial charge >= 0.3 is 0 Å². The molecule has 1 unspecified atom stereocenters. The summed E-state index contributed by atoms with van der Waals surface area (Å²) in [6.45, 7) is 4.05. The van der Waals surface area contributed by atoms with Crippen molar-refractivity contribution in [1.82, 2.24) is 14.9 Å². The van der Waals surface area contributed by atoms with Crippen molar-refractivity contribution in [2.24, 2.45) is 0 Å². The van der Waals surface area contributed by atoms with Crippen molar-refractivity contribution in [1.29, 1.82) is 5.26 Å². The van der Waals surface area contributed by atoms with Gasteiger partial charge in [0.05, 0.1) is 41.5 Å². The van der Waals surface area contributed by atoms with Gasteiger partial charge in [0.25, 0.3) is 10.0 Å². The lowest BCUT2D eigenvalue weighted by atomic mass is 9.80. The van der Waals surface area contributed by atoms with Crippen LogP contribution in [-0.4, -0.2) is 61.6 Å². The summed E-state index contributed by atoms with van der Waals surface area (Å²) in [5, 5.41) is 10.8. The van der Waals surface area contributed by atoms with Gasteiger partial charge < -0.3 is 9.64 Å². The van der Waals surface area contributed by atoms with Crippen molar-refractivity contribution >= 4 is 32.3 Å². The third kappa shape index (κ3) is 4.19. The predicted molar refractivity (Wildman–Crippen MR) is 176 cm³/mol. The van der Waals surface area contributed by atoms with Gasteiger partial charge in [0.15, 0.2) is 0 Å². The summed E-state index contributed by atoms with van der Waals surface area (Å²) in [5.74, 6) is 0.707. The fraction of sp³-hybridized carbons (Fsp3) is 0.250. The molecule has 0 spiro atoms. The lowest BCUT2D eigenvalue weighted by molar-refractivity contribution is 0.109. The molecule has 3 atom stereocenters. The molecule has 46 heavy (non-hydrogen) atoms. The van der Waals surface area contributed by atoms with E-state index in [1.807, 2.05) is 67.8 Å². The number of nitriles is 1. The van der Waals surface area contributed by atoms with Gasteiger partial charge in [0.1, 0.15) is 10.6 Å². The molecule has 3 aromatic carbocycles. The molecule has 2 saturated heterocycles. The highest BCUT2D eigenvalue weighted by Gasteiger charge is 2.59. The summed E-state index contributed by atoms with van der Waals surface area (Å²) in [7, 11) is -4.10. The van der Waals surface area contributed by atoms with E-state index in [2.05, 4.69) is 31.9 Å². The van der Waals surface area contributed by atoms with E-state index in [0.29, 0.717) is 35.7 Å². The number of anilines is 2. The Morgan fingerprint density at radius 1 is 0.935 bits per heavy atom. The number of hydrogen-bond acceptors (Lipinski definition) is 8. The smallest absolute Gasteiger partial charge is 0.266 e. The Labute approximate surface area is 268 Å². The molecule has 0 saturated carbocycles. The summed E-state index contributed by atoms with van der Waals surface area (Å²) in [6.07, 6.45) is 6.20. The van der Waals surface area contributed by atoms with Crippen LogP contribution in [0.15, 0.2) is 108 Å². The molecule has 2 fully saturated rings. The minimum absolute atomic E-state index is 0.130. The normalized spacial score (nSPS) is 22.3. The number of para-hydroxylation sites is 2. The Hall–Kier alpha value is -4.98. The molecule has 5 aromatic rings. The third-order valence-electron chi connectivity index (χ3n) is 9.73. The molecule has 2 bridgehead atoms. The summed E-state index contributed by atoms with van der Waals surface area (Å²) in [4.78, 5) is 13.8. The quantitative estimate of drug-likeness (QED) is 0.239. The Kier molecular flexibility index (Phi) is 6.71. The fourth-order valence-electron chi connectivity index (χ4n) is 7.86. The second-order valence-corrected chi connectivity index (χ2v) is 13.9. The van der Waals surface area contributed by atoms with Gasteiger partial charge in [-0.15, -0.1) is 0 Å². The minimum atomic E-state index is -4.10. The predicted octanol–water partition coefficient (Wildman–Crippen LogP) is 5.32. The van der Waals surface area contributed by atoms with Crippen LogP contribution in [-0.2, 0) is 15.6 Å². The van der Waals surface area contributed by atoms with Crippen LogP contribution in [0.3, 0.4) is 0 Å². The highest BCUT2D eigenvalue weighted by Crippen LogP contribution is 2.55. The first-order chi connectivity index (χ1) is 22.5. The Morgan fingerprint density at radius 3 is 2.54 bits per heavy atom. The molecule has 2 aromatic heterocycles. The number of benzene rings is 3. The number of pyridine rings is 2. The van der Waals surface area contributed by atoms with Crippen molar-refractivity contribution in [2.45, 2.75) is 35.9 Å². The summed E-state index contributed by atoms with van der Waals surface area (Å²) >= 11 is 0. The number of piperazine rings is 1. The number of hydrogen-bond donors (Lipinski definition) is 0. The van der Waals surface area contributed by atoms with Crippen molar-refractivity contribution in [3.8, 4) is 11.8 Å². The van der Waals surface area contributed by atoms with Crippen LogP contribution in [0.5, 0.6) is 5.75 Å². The van der Waals surface area contributed by atoms with E-state index in [0.717, 1.165) is 35.2 Å². The number of nitrogens with zero attached hydrogens (tertiary/aromatic N) is 6. The molecule has 0 amide bonds. The maximum Gasteiger partial charge on any atom is 0.266 e. The van der Waals surface area contributed by atoms with Crippen LogP contribution in [0.1, 0.15) is 30.0 Å². The van der Waals surface area contributed by atoms with E-state index < -0.39 is 15.6 Å². The summed E-state index contributed by atoms with van der Waals surface area (Å²) < 4.78 is 37.5. The average Bonchev–Trinajstić information content (AvgIpc) is 3.81. The van der Waals surface area contributed by atoms with E-state index in [1.165, 1.54) is 4.31 Å². The van der Waals surface area contributed by atoms with Gasteiger partial charge in [0.2, 0.25) is 0 Å². The highest BCUT2D eigenvalue weighted by molar-refractivity contribution is 7.93. The molecule has 8 rings (SSSR count). The molecule has 3 aliphatic rings. The average molecular weight is 629 g/mol. The molecule has 230 valence electrons. The molecule has 0 aliphatic carbocycles. The lowest BCUT2D eigenvalue weighted by Gasteiger charge is -2.47. The first kappa shape index (κ1) is 28.5. The molecule has 0 radical (unpaired) electrons. The van der Waals surface area contributed by atoms with Crippen LogP contribution in [0.25, 0.3) is 10.9 Å². The van der Waals surface area contributed by atoms with Crippen molar-refractivity contribution in [3.63, 3.8) is 0 Å². The molecular formula is C36H32N6O3S. The van der Waals surface area contributed by atoms with Crippen LogP contribution < -0.4 is 13.9 Å². The SMILES string of the molecule is CCOc1ccccc1C1(N2C[C@@H]3C[C@H]2CN3c2ccncc2)CN(S(=O)(=O)c2cccc3cccnc23)c2ccc(C#N)cc21. The Balaban J connectivity index is 1.33. The minimum Gasteiger partial charge on any atom is -0.494 e. The number of sulfonamides is 1. The van der Waals surface area contributed by atoms with Gasteiger partial charge in [-0.2, -0.15) is 5.26 Å². The highest BCUT2D eigenvalue weighted by atomic mass is 32.2. The van der Waals surface area contributed by atoms with Crippen LogP contribution in [0, 0.1) is 11.3 Å². The zero-order valence-electron chi connectivity index (χ0n) is 25.3. The largest absolute Gasteiger partial charge is 0.494 e. The number of aromatic nitrogens is 2. The van der Waals surface area contributed by atoms with Gasteiger partial charge in [-0.3, -0.25) is 19.2 Å². The third-order valence-corrected chi connectivity index (χ3v) is 11.5. The monoisotopic (exact) mass is 628 g/mol. The first-order valence-electron chi connectivity index (χ1n) is 15.5. The molecule has 10 heteroatoms. The number of ether oxygens (including phenoxy) is 1. The van der Waals surface area contributed by atoms with E-state index in [-0.39, 0.29) is 23.5 Å². The van der Waals surface area contributed by atoms with Gasteiger partial charge in [0, 0.05) is 66.0 Å². The standard InChI is InChI=1S/C36H32N6O3S/c1-2-45-33-10-4-3-9-30(33)36(41-23-28-20-29(41)22-40(28)27-14-17-38-18-15-27)24-42(32-13-12-25(21-37)19-31(32)36)46(43,44)34-11-5-7-26-8-6-16-39-35(26)34/h3-19,28-29H,2,20,22-24H2,1H3/t28-,29-,36?/m0/s1. The van der Waals surface area contributed by atoms with Crippen molar-refractivity contribution in [2.75, 3.05) is 35.4 Å². The molecule has 3 aliphatic heterocycles. The fourth-order valence-corrected chi connectivity index (χ4v) is 9.53. The molecule has 0 N–H and O–H groups in total. The number of likely N-dealkylation sites (tertiary alicyclic amines) is 1. The van der Waals surface area contributed by atoms with E-state index in [4.69, 9.17) is 4.74 Å². The summed E-state index contributed by atoms with van der Waals surface area (Å²) in [5.41, 5.74) is 3.38. The second-order valence-electron chi connectivity index (χ2n) is 12.0. The number of fused-ring (bicyclic) bond motifs is 4. The number of rotatable bonds is 7. The summed E-state index contributed by atoms with van der Waals surface area (Å²) in [6, 6.07) is 29.0. The van der Waals surface area contributed by atoms with E-state index >= 15 is 0 Å². The molecular weight excluding hydrogens is 597 g/mol. The zero-order chi connectivity index (χ0) is 31.5. The molecule has 5 heterocycles. The maximum absolute atomic E-state index is 14.9. The second kappa shape index (κ2) is 10.8. The van der Waals surface area contributed by atoms with Crippen LogP contribution in [0.2, 0.25) is 0 Å². The van der Waals surface area contributed by atoms with Gasteiger partial charge in [-0.25, -0.2) is 8.42 Å². The van der Waals surface area contributed by atoms with Crippen LogP contribution in [0.4, 0.5) is 11.4 Å². The van der Waals surface area contributed by atoms with Crippen molar-refractivity contribution in [3.05, 3.63) is 120 Å². The van der Waals surface area contributed by atoms with E-state index in [1.54, 1.807) is 36.5 Å². The Morgan fingerprint density at radius 2 is 1.76 bits per heavy atom. The molecule has 9 nitrogen and oxygen atoms in total. The van der Waals surface area contributed by atoms with Crippen LogP contribution >= 0.6 is 0 Å². The van der Waals surface area contributed by atoms with Gasteiger partial charge in [-0.05, 0) is 61.9 Å².